The van der Waals surface area contributed by atoms with Crippen LogP contribution in [-0.4, -0.2) is 24.1 Å². The van der Waals surface area contributed by atoms with Gasteiger partial charge in [0.25, 0.3) is 0 Å². The van der Waals surface area contributed by atoms with E-state index in [1.165, 1.54) is 0 Å². The maximum absolute atomic E-state index is 10.5. The Labute approximate surface area is 421 Å². The van der Waals surface area contributed by atoms with Crippen molar-refractivity contribution < 1.29 is 8.83 Å². The number of hydrogen-bond acceptors (Lipinski definition) is 6. The molecule has 0 saturated heterocycles. The molecule has 9 heteroatoms. The quantitative estimate of drug-likeness (QED) is 0.154. The molecule has 5 heterocycles. The van der Waals surface area contributed by atoms with Crippen LogP contribution < -0.4 is 0 Å². The second-order valence-corrected chi connectivity index (χ2v) is 18.5. The molecule has 342 valence electrons. The summed E-state index contributed by atoms with van der Waals surface area (Å²) in [7, 11) is 0. The average Bonchev–Trinajstić information content (AvgIpc) is 4.23. The molecule has 10 aromatic carbocycles. The second-order valence-electron chi connectivity index (χ2n) is 18.5. The SMILES string of the molecule is [C-]#[N+]c1ccccc1-c1ccc(-n2c3ccccc3c3c4oc5ccccc5c4ccc32)c(-c2nc(-c3ccccc3)nc(-c3ccc(C#N)cc3-n3c4ccccc4c4c5oc6ccccc6c5ccc43)n2)c1. The molecule has 74 heavy (non-hydrogen) atoms. The van der Waals surface area contributed by atoms with Crippen LogP contribution in [0.25, 0.3) is 149 Å². The fourth-order valence-corrected chi connectivity index (χ4v) is 11.2. The summed E-state index contributed by atoms with van der Waals surface area (Å²) in [5.41, 5.74) is 13.4. The van der Waals surface area contributed by atoms with Gasteiger partial charge < -0.3 is 18.0 Å². The van der Waals surface area contributed by atoms with Gasteiger partial charge in [-0.15, -0.1) is 0 Å². The number of para-hydroxylation sites is 5. The third kappa shape index (κ3) is 6.05. The van der Waals surface area contributed by atoms with Crippen molar-refractivity contribution in [1.82, 2.24) is 24.1 Å². The predicted molar refractivity (Wildman–Crippen MR) is 296 cm³/mol. The van der Waals surface area contributed by atoms with E-state index in [0.29, 0.717) is 34.3 Å². The number of benzene rings is 10. The lowest BCUT2D eigenvalue weighted by Crippen LogP contribution is -2.06. The second kappa shape index (κ2) is 16.0. The lowest BCUT2D eigenvalue weighted by molar-refractivity contribution is 0.672. The lowest BCUT2D eigenvalue weighted by atomic mass is 9.99. The summed E-state index contributed by atoms with van der Waals surface area (Å²) in [5.74, 6) is 1.30. The fourth-order valence-electron chi connectivity index (χ4n) is 11.2. The molecule has 0 amide bonds. The van der Waals surface area contributed by atoms with E-state index in [-0.39, 0.29) is 0 Å². The normalized spacial score (nSPS) is 11.8. The van der Waals surface area contributed by atoms with Crippen LogP contribution in [0.2, 0.25) is 0 Å². The molecule has 0 aliphatic carbocycles. The monoisotopic (exact) mass is 945 g/mol. The molecule has 5 aromatic heterocycles. The summed E-state index contributed by atoms with van der Waals surface area (Å²) in [4.78, 5) is 20.2. The Morgan fingerprint density at radius 3 is 1.58 bits per heavy atom. The predicted octanol–water partition coefficient (Wildman–Crippen LogP) is 17.0. The van der Waals surface area contributed by atoms with Gasteiger partial charge in [0, 0.05) is 49.0 Å². The third-order valence-corrected chi connectivity index (χ3v) is 14.5. The van der Waals surface area contributed by atoms with Crippen LogP contribution in [0.5, 0.6) is 0 Å². The molecule has 0 N–H and O–H groups in total. The largest absolute Gasteiger partial charge is 0.455 e. The molecule has 0 atom stereocenters. The minimum absolute atomic E-state index is 0.410. The smallest absolute Gasteiger partial charge is 0.194 e. The van der Waals surface area contributed by atoms with Crippen LogP contribution in [0.3, 0.4) is 0 Å². The molecule has 15 aromatic rings. The van der Waals surface area contributed by atoms with Crippen molar-refractivity contribution in [3.8, 4) is 62.7 Å². The van der Waals surface area contributed by atoms with Crippen molar-refractivity contribution in [1.29, 1.82) is 5.26 Å². The van der Waals surface area contributed by atoms with E-state index in [9.17, 15) is 5.26 Å². The number of rotatable bonds is 6. The topological polar surface area (TPSA) is 103 Å². The molecular formula is C65H35N7O2. The molecule has 0 saturated carbocycles. The summed E-state index contributed by atoms with van der Waals surface area (Å²) in [5, 5.41) is 18.7. The minimum atomic E-state index is 0.410. The summed E-state index contributed by atoms with van der Waals surface area (Å²) < 4.78 is 17.9. The summed E-state index contributed by atoms with van der Waals surface area (Å²) >= 11 is 0. The average molecular weight is 946 g/mol. The first-order valence-electron chi connectivity index (χ1n) is 24.3. The first-order chi connectivity index (χ1) is 36.6. The van der Waals surface area contributed by atoms with Crippen molar-refractivity contribution in [2.45, 2.75) is 0 Å². The van der Waals surface area contributed by atoms with Crippen LogP contribution >= 0.6 is 0 Å². The van der Waals surface area contributed by atoms with Crippen molar-refractivity contribution in [3.63, 3.8) is 0 Å². The van der Waals surface area contributed by atoms with Gasteiger partial charge in [-0.25, -0.2) is 19.8 Å². The van der Waals surface area contributed by atoms with Crippen LogP contribution in [0, 0.1) is 17.9 Å². The molecule has 0 aliphatic heterocycles. The first kappa shape index (κ1) is 41.2. The van der Waals surface area contributed by atoms with Gasteiger partial charge in [0.2, 0.25) is 0 Å². The van der Waals surface area contributed by atoms with Gasteiger partial charge >= 0.3 is 0 Å². The summed E-state index contributed by atoms with van der Waals surface area (Å²) in [6.07, 6.45) is 0. The van der Waals surface area contributed by atoms with E-state index in [1.54, 1.807) is 0 Å². The number of hydrogen-bond donors (Lipinski definition) is 0. The van der Waals surface area contributed by atoms with Crippen LogP contribution in [0.15, 0.2) is 221 Å². The van der Waals surface area contributed by atoms with Crippen molar-refractivity contribution >= 4 is 93.2 Å². The Balaban J connectivity index is 1.03. The molecule has 9 nitrogen and oxygen atoms in total. The molecular weight excluding hydrogens is 911 g/mol. The van der Waals surface area contributed by atoms with Crippen molar-refractivity contribution in [2.75, 3.05) is 0 Å². The Hall–Kier alpha value is -10.6. The van der Waals surface area contributed by atoms with E-state index in [0.717, 1.165) is 121 Å². The van der Waals surface area contributed by atoms with E-state index >= 15 is 0 Å². The van der Waals surface area contributed by atoms with E-state index in [1.807, 2.05) is 121 Å². The standard InChI is InChI=1S/C65H35N7O2/c1-67-50-22-10-5-17-41(50)40-28-32-53(71-51-23-11-6-20-46(51)59-54(71)33-30-44-42-18-8-13-25-57(42)73-61(44)59)49(36-40)65-69-63(39-15-3-2-4-16-39)68-64(70-65)48-29-27-38(37-66)35-56(48)72-52-24-12-7-21-47(52)60-55(72)34-31-45-43-19-9-14-26-58(43)74-62(45)60/h2-36H. The first-order valence-corrected chi connectivity index (χ1v) is 24.3. The van der Waals surface area contributed by atoms with Crippen molar-refractivity contribution in [3.05, 3.63) is 229 Å². The fraction of sp³-hybridized carbons (Fsp3) is 0. The number of aromatic nitrogens is 5. The highest BCUT2D eigenvalue weighted by molar-refractivity contribution is 6.25. The molecule has 0 aliphatic rings. The van der Waals surface area contributed by atoms with Crippen LogP contribution in [0.4, 0.5) is 5.69 Å². The zero-order valence-electron chi connectivity index (χ0n) is 39.2. The van der Waals surface area contributed by atoms with E-state index in [4.69, 9.17) is 30.4 Å². The van der Waals surface area contributed by atoms with Gasteiger partial charge in [-0.1, -0.05) is 133 Å². The maximum Gasteiger partial charge on any atom is 0.194 e. The summed E-state index contributed by atoms with van der Waals surface area (Å²) in [6.45, 7) is 8.17. The Morgan fingerprint density at radius 1 is 0.405 bits per heavy atom. The minimum Gasteiger partial charge on any atom is -0.455 e. The molecule has 0 fully saturated rings. The van der Waals surface area contributed by atoms with Crippen LogP contribution in [-0.2, 0) is 0 Å². The zero-order chi connectivity index (χ0) is 49.0. The Bertz CT molecular complexity index is 4950. The van der Waals surface area contributed by atoms with Gasteiger partial charge in [-0.3, -0.25) is 0 Å². The molecule has 0 bridgehead atoms. The Kier molecular flexibility index (Phi) is 8.88. The van der Waals surface area contributed by atoms with Gasteiger partial charge in [-0.2, -0.15) is 5.26 Å². The van der Waals surface area contributed by atoms with Gasteiger partial charge in [-0.05, 0) is 90.0 Å². The zero-order valence-corrected chi connectivity index (χ0v) is 39.2. The maximum atomic E-state index is 10.5. The summed E-state index contributed by atoms with van der Waals surface area (Å²) in [6, 6.07) is 73.5. The van der Waals surface area contributed by atoms with Crippen molar-refractivity contribution in [2.24, 2.45) is 0 Å². The number of nitriles is 1. The molecule has 15 rings (SSSR count). The van der Waals surface area contributed by atoms with Gasteiger partial charge in [0.05, 0.1) is 62.4 Å². The van der Waals surface area contributed by atoms with Gasteiger partial charge in [0.15, 0.2) is 23.2 Å². The Morgan fingerprint density at radius 2 is 0.946 bits per heavy atom. The third-order valence-electron chi connectivity index (χ3n) is 14.5. The van der Waals surface area contributed by atoms with Crippen LogP contribution in [0.1, 0.15) is 5.56 Å². The highest BCUT2D eigenvalue weighted by atomic mass is 16.3. The number of furan rings is 2. The van der Waals surface area contributed by atoms with Gasteiger partial charge in [0.1, 0.15) is 22.3 Å². The lowest BCUT2D eigenvalue weighted by Gasteiger charge is -2.18. The molecule has 0 radical (unpaired) electrons. The highest BCUT2D eigenvalue weighted by Crippen LogP contribution is 2.45. The highest BCUT2D eigenvalue weighted by Gasteiger charge is 2.26. The van der Waals surface area contributed by atoms with E-state index in [2.05, 4.69) is 111 Å². The molecule has 0 unspecified atom stereocenters. The number of nitrogens with zero attached hydrogens (tertiary/aromatic N) is 7. The van der Waals surface area contributed by atoms with E-state index < -0.39 is 0 Å². The number of fused-ring (bicyclic) bond motifs is 14. The molecule has 0 spiro atoms.